The van der Waals surface area contributed by atoms with Gasteiger partial charge < -0.3 is 15.7 Å². The van der Waals surface area contributed by atoms with E-state index in [1.165, 1.54) is 12.3 Å². The number of benzene rings is 1. The maximum atomic E-state index is 12.4. The zero-order chi connectivity index (χ0) is 13.8. The topological polar surface area (TPSA) is 73.3 Å². The fraction of sp³-hybridized carbons (Fsp3) is 0.182. The number of thioether (sulfide) groups is 1. The number of hydrogen-bond acceptors (Lipinski definition) is 5. The number of hydrogen-bond donors (Lipinski definition) is 2. The lowest BCUT2D eigenvalue weighted by Gasteiger charge is -2.11. The van der Waals surface area contributed by atoms with Crippen molar-refractivity contribution in [2.75, 3.05) is 5.73 Å². The molecule has 0 saturated carbocycles. The summed E-state index contributed by atoms with van der Waals surface area (Å²) < 4.78 is 30.1. The molecular formula is C11H11F2N3O2S. The van der Waals surface area contributed by atoms with Gasteiger partial charge in [-0.25, -0.2) is 0 Å². The van der Waals surface area contributed by atoms with Gasteiger partial charge in [-0.15, -0.1) is 4.85 Å². The van der Waals surface area contributed by atoms with Gasteiger partial charge in [0.05, 0.1) is 6.20 Å². The molecule has 8 heteroatoms. The van der Waals surface area contributed by atoms with E-state index in [2.05, 4.69) is 5.10 Å². The highest BCUT2D eigenvalue weighted by atomic mass is 32.2. The molecule has 1 aromatic carbocycles. The van der Waals surface area contributed by atoms with Crippen molar-refractivity contribution in [2.45, 2.75) is 17.3 Å². The van der Waals surface area contributed by atoms with E-state index >= 15 is 0 Å². The molecule has 1 heterocycles. The summed E-state index contributed by atoms with van der Waals surface area (Å²) in [6, 6.07) is 6.21. The molecule has 0 bridgehead atoms. The van der Waals surface area contributed by atoms with Gasteiger partial charge in [-0.2, -0.15) is 8.78 Å². The Bertz CT molecular complexity index is 563. The molecule has 3 N–H and O–H groups in total. The minimum absolute atomic E-state index is 0.00125. The second-order valence-corrected chi connectivity index (χ2v) is 4.60. The molecular weight excluding hydrogens is 276 g/mol. The van der Waals surface area contributed by atoms with Crippen LogP contribution in [-0.4, -0.2) is 20.9 Å². The third-order valence-electron chi connectivity index (χ3n) is 2.30. The normalized spacial score (nSPS) is 10.9. The van der Waals surface area contributed by atoms with E-state index in [4.69, 9.17) is 15.7 Å². The number of nitrogen functional groups attached to an aromatic ring is 1. The fourth-order valence-corrected chi connectivity index (χ4v) is 2.13. The number of ether oxygens (including phenoxy) is 1. The SMILES string of the molecule is Nc1cccc(SC(F)F)c1COc1ccn(O)n1. The third-order valence-corrected chi connectivity index (χ3v) is 3.12. The average Bonchev–Trinajstić information content (AvgIpc) is 2.73. The zero-order valence-corrected chi connectivity index (χ0v) is 10.5. The lowest BCUT2D eigenvalue weighted by atomic mass is 10.2. The van der Waals surface area contributed by atoms with Crippen molar-refractivity contribution in [3.63, 3.8) is 0 Å². The Balaban J connectivity index is 2.14. The summed E-state index contributed by atoms with van der Waals surface area (Å²) in [5, 5.41) is 12.6. The van der Waals surface area contributed by atoms with Crippen LogP contribution in [-0.2, 0) is 6.61 Å². The fourth-order valence-electron chi connectivity index (χ4n) is 1.46. The van der Waals surface area contributed by atoms with E-state index in [0.29, 0.717) is 32.8 Å². The van der Waals surface area contributed by atoms with Crippen molar-refractivity contribution >= 4 is 17.4 Å². The molecule has 0 aliphatic rings. The lowest BCUT2D eigenvalue weighted by molar-refractivity contribution is 0.141. The second-order valence-electron chi connectivity index (χ2n) is 3.57. The van der Waals surface area contributed by atoms with Crippen LogP contribution in [0.2, 0.25) is 0 Å². The molecule has 1 aromatic heterocycles. The molecule has 102 valence electrons. The Labute approximate surface area is 111 Å². The van der Waals surface area contributed by atoms with Crippen LogP contribution in [0.25, 0.3) is 0 Å². The number of aromatic nitrogens is 2. The molecule has 2 aromatic rings. The summed E-state index contributed by atoms with van der Waals surface area (Å²) in [6.07, 6.45) is 1.29. The smallest absolute Gasteiger partial charge is 0.288 e. The first-order chi connectivity index (χ1) is 9.06. The summed E-state index contributed by atoms with van der Waals surface area (Å²) in [6.45, 7) is -0.00125. The summed E-state index contributed by atoms with van der Waals surface area (Å²) in [7, 11) is 0. The summed E-state index contributed by atoms with van der Waals surface area (Å²) in [4.78, 5) is 0.955. The molecule has 0 saturated heterocycles. The molecule has 0 atom stereocenters. The van der Waals surface area contributed by atoms with Gasteiger partial charge in [-0.05, 0) is 12.1 Å². The summed E-state index contributed by atoms with van der Waals surface area (Å²) in [5.74, 6) is -2.35. The largest absolute Gasteiger partial charge is 0.472 e. The van der Waals surface area contributed by atoms with E-state index in [9.17, 15) is 8.78 Å². The van der Waals surface area contributed by atoms with Crippen LogP contribution in [0.1, 0.15) is 5.56 Å². The van der Waals surface area contributed by atoms with E-state index in [-0.39, 0.29) is 12.5 Å². The van der Waals surface area contributed by atoms with Gasteiger partial charge in [0.1, 0.15) is 6.61 Å². The molecule has 0 amide bonds. The first kappa shape index (κ1) is 13.5. The Hall–Kier alpha value is -1.96. The van der Waals surface area contributed by atoms with Crippen molar-refractivity contribution in [2.24, 2.45) is 0 Å². The number of nitrogens with zero attached hydrogens (tertiary/aromatic N) is 2. The molecule has 19 heavy (non-hydrogen) atoms. The predicted molar refractivity (Wildman–Crippen MR) is 66.5 cm³/mol. The number of halogens is 2. The summed E-state index contributed by atoms with van der Waals surface area (Å²) >= 11 is 0.411. The third kappa shape index (κ3) is 3.50. The standard InChI is InChI=1S/C11H11F2N3O2S/c12-11(13)19-9-3-1-2-8(14)7(9)6-18-10-4-5-16(17)15-10/h1-5,11,17H,6,14H2. The van der Waals surface area contributed by atoms with Crippen molar-refractivity contribution in [3.8, 4) is 5.88 Å². The second kappa shape index (κ2) is 5.79. The predicted octanol–water partition coefficient (Wildman–Crippen LogP) is 2.60. The first-order valence-electron chi connectivity index (χ1n) is 5.26. The van der Waals surface area contributed by atoms with Gasteiger partial charge in [0, 0.05) is 22.2 Å². The minimum atomic E-state index is -2.53. The highest BCUT2D eigenvalue weighted by Gasteiger charge is 2.13. The number of anilines is 1. The van der Waals surface area contributed by atoms with Gasteiger partial charge in [0.25, 0.3) is 5.76 Å². The Kier molecular flexibility index (Phi) is 4.10. The molecule has 0 fully saturated rings. The van der Waals surface area contributed by atoms with Crippen LogP contribution < -0.4 is 10.5 Å². The van der Waals surface area contributed by atoms with Gasteiger partial charge in [0.15, 0.2) is 0 Å². The molecule has 0 radical (unpaired) electrons. The lowest BCUT2D eigenvalue weighted by Crippen LogP contribution is -2.03. The van der Waals surface area contributed by atoms with Crippen LogP contribution in [0, 0.1) is 0 Å². The zero-order valence-electron chi connectivity index (χ0n) is 9.66. The van der Waals surface area contributed by atoms with E-state index in [1.54, 1.807) is 18.2 Å². The molecule has 0 aliphatic heterocycles. The van der Waals surface area contributed by atoms with Gasteiger partial charge in [-0.3, -0.25) is 0 Å². The Morgan fingerprint density at radius 1 is 1.42 bits per heavy atom. The molecule has 0 spiro atoms. The average molecular weight is 287 g/mol. The summed E-state index contributed by atoms with van der Waals surface area (Å²) in [5.41, 5.74) is 6.60. The van der Waals surface area contributed by atoms with Crippen LogP contribution >= 0.6 is 11.8 Å². The monoisotopic (exact) mass is 287 g/mol. The van der Waals surface area contributed by atoms with E-state index in [1.807, 2.05) is 0 Å². The van der Waals surface area contributed by atoms with Gasteiger partial charge >= 0.3 is 0 Å². The minimum Gasteiger partial charge on any atom is -0.472 e. The maximum Gasteiger partial charge on any atom is 0.288 e. The van der Waals surface area contributed by atoms with Crippen LogP contribution in [0.15, 0.2) is 35.4 Å². The molecule has 0 aliphatic carbocycles. The highest BCUT2D eigenvalue weighted by molar-refractivity contribution is 7.99. The quantitative estimate of drug-likeness (QED) is 0.502. The number of rotatable bonds is 5. The van der Waals surface area contributed by atoms with Crippen LogP contribution in [0.4, 0.5) is 14.5 Å². The van der Waals surface area contributed by atoms with Crippen LogP contribution in [0.5, 0.6) is 5.88 Å². The number of alkyl halides is 2. The van der Waals surface area contributed by atoms with Crippen molar-refractivity contribution in [1.29, 1.82) is 0 Å². The van der Waals surface area contributed by atoms with Gasteiger partial charge in [-0.1, -0.05) is 22.9 Å². The first-order valence-corrected chi connectivity index (χ1v) is 6.14. The Morgan fingerprint density at radius 3 is 2.84 bits per heavy atom. The van der Waals surface area contributed by atoms with Crippen LogP contribution in [0.3, 0.4) is 0 Å². The van der Waals surface area contributed by atoms with Gasteiger partial charge in [0.2, 0.25) is 5.88 Å². The molecule has 0 unspecified atom stereocenters. The molecule has 2 rings (SSSR count). The maximum absolute atomic E-state index is 12.4. The van der Waals surface area contributed by atoms with E-state index in [0.717, 1.165) is 0 Å². The number of nitrogens with two attached hydrogens (primary N) is 1. The van der Waals surface area contributed by atoms with E-state index < -0.39 is 5.76 Å². The van der Waals surface area contributed by atoms with Crippen molar-refractivity contribution < 1.29 is 18.7 Å². The van der Waals surface area contributed by atoms with Crippen molar-refractivity contribution in [3.05, 3.63) is 36.0 Å². The highest BCUT2D eigenvalue weighted by Crippen LogP contribution is 2.32. The molecule has 5 nitrogen and oxygen atoms in total. The van der Waals surface area contributed by atoms with Crippen molar-refractivity contribution in [1.82, 2.24) is 9.94 Å². The Morgan fingerprint density at radius 2 is 2.21 bits per heavy atom.